The van der Waals surface area contributed by atoms with Crippen LogP contribution in [0.4, 0.5) is 0 Å². The van der Waals surface area contributed by atoms with Gasteiger partial charge < -0.3 is 14.8 Å². The molecular formula is C11H23NO2. The molecule has 0 spiro atoms. The van der Waals surface area contributed by atoms with Crippen molar-refractivity contribution in [3.8, 4) is 0 Å². The molecule has 14 heavy (non-hydrogen) atoms. The molecular weight excluding hydrogens is 178 g/mol. The Bertz CT molecular complexity index is 144. The van der Waals surface area contributed by atoms with E-state index < -0.39 is 0 Å². The third-order valence-electron chi connectivity index (χ3n) is 2.68. The second-order valence-electron chi connectivity index (χ2n) is 4.33. The Hall–Kier alpha value is -0.120. The minimum absolute atomic E-state index is 0.325. The van der Waals surface area contributed by atoms with E-state index >= 15 is 0 Å². The number of rotatable bonds is 6. The van der Waals surface area contributed by atoms with Crippen LogP contribution >= 0.6 is 0 Å². The molecule has 0 aromatic heterocycles. The minimum atomic E-state index is 0.325. The van der Waals surface area contributed by atoms with Gasteiger partial charge in [0, 0.05) is 19.3 Å². The predicted molar refractivity (Wildman–Crippen MR) is 57.5 cm³/mol. The summed E-state index contributed by atoms with van der Waals surface area (Å²) in [5.41, 5.74) is 0. The van der Waals surface area contributed by atoms with Crippen LogP contribution in [0.2, 0.25) is 0 Å². The molecule has 0 amide bonds. The first kappa shape index (κ1) is 12.0. The van der Waals surface area contributed by atoms with Crippen LogP contribution in [0.1, 0.15) is 26.7 Å². The molecule has 0 bridgehead atoms. The van der Waals surface area contributed by atoms with Crippen molar-refractivity contribution in [3.05, 3.63) is 0 Å². The Morgan fingerprint density at radius 2 is 2.29 bits per heavy atom. The normalized spacial score (nSPS) is 24.4. The van der Waals surface area contributed by atoms with Gasteiger partial charge >= 0.3 is 0 Å². The topological polar surface area (TPSA) is 30.5 Å². The van der Waals surface area contributed by atoms with Crippen LogP contribution in [-0.4, -0.2) is 39.0 Å². The molecule has 3 nitrogen and oxygen atoms in total. The Morgan fingerprint density at radius 3 is 2.79 bits per heavy atom. The maximum Gasteiger partial charge on any atom is 0.0623 e. The zero-order valence-electron chi connectivity index (χ0n) is 9.58. The van der Waals surface area contributed by atoms with Gasteiger partial charge in [0.1, 0.15) is 0 Å². The number of hydrogen-bond donors (Lipinski definition) is 1. The number of ether oxygens (including phenoxy) is 2. The molecule has 1 N–H and O–H groups in total. The van der Waals surface area contributed by atoms with E-state index in [1.165, 1.54) is 12.8 Å². The first-order valence-corrected chi connectivity index (χ1v) is 5.59. The summed E-state index contributed by atoms with van der Waals surface area (Å²) in [6.45, 7) is 6.83. The Labute approximate surface area is 87.2 Å². The van der Waals surface area contributed by atoms with Crippen LogP contribution in [-0.2, 0) is 9.47 Å². The molecule has 1 heterocycles. The van der Waals surface area contributed by atoms with E-state index in [0.717, 1.165) is 25.7 Å². The van der Waals surface area contributed by atoms with Gasteiger partial charge in [-0.05, 0) is 39.7 Å². The fourth-order valence-electron chi connectivity index (χ4n) is 1.75. The molecule has 2 unspecified atom stereocenters. The van der Waals surface area contributed by atoms with E-state index in [4.69, 9.17) is 9.47 Å². The van der Waals surface area contributed by atoms with E-state index in [1.54, 1.807) is 0 Å². The molecule has 0 aromatic rings. The maximum atomic E-state index is 5.60. The van der Waals surface area contributed by atoms with Gasteiger partial charge in [-0.15, -0.1) is 0 Å². The molecule has 1 aliphatic rings. The smallest absolute Gasteiger partial charge is 0.0623 e. The highest BCUT2D eigenvalue weighted by molar-refractivity contribution is 4.73. The number of nitrogens with one attached hydrogen (secondary N) is 1. The van der Waals surface area contributed by atoms with Crippen molar-refractivity contribution in [1.29, 1.82) is 0 Å². The zero-order valence-corrected chi connectivity index (χ0v) is 9.58. The lowest BCUT2D eigenvalue weighted by Gasteiger charge is -2.20. The van der Waals surface area contributed by atoms with Gasteiger partial charge in [0.05, 0.1) is 12.7 Å². The largest absolute Gasteiger partial charge is 0.381 e. The summed E-state index contributed by atoms with van der Waals surface area (Å²) in [7, 11) is 2.00. The molecule has 0 aromatic carbocycles. The van der Waals surface area contributed by atoms with Crippen molar-refractivity contribution in [1.82, 2.24) is 5.32 Å². The van der Waals surface area contributed by atoms with Crippen molar-refractivity contribution >= 4 is 0 Å². The number of hydrogen-bond acceptors (Lipinski definition) is 3. The van der Waals surface area contributed by atoms with E-state index in [2.05, 4.69) is 19.2 Å². The molecule has 1 rings (SSSR count). The van der Waals surface area contributed by atoms with Crippen LogP contribution in [0.3, 0.4) is 0 Å². The lowest BCUT2D eigenvalue weighted by molar-refractivity contribution is 0.0569. The van der Waals surface area contributed by atoms with Crippen LogP contribution in [0, 0.1) is 5.92 Å². The average Bonchev–Trinajstić information content (AvgIpc) is 2.64. The van der Waals surface area contributed by atoms with E-state index in [0.29, 0.717) is 12.1 Å². The molecule has 3 heteroatoms. The predicted octanol–water partition coefficient (Wildman–Crippen LogP) is 1.43. The maximum absolute atomic E-state index is 5.60. The molecule has 0 radical (unpaired) electrons. The summed E-state index contributed by atoms with van der Waals surface area (Å²) >= 11 is 0. The summed E-state index contributed by atoms with van der Waals surface area (Å²) < 4.78 is 11.0. The van der Waals surface area contributed by atoms with E-state index in [1.807, 2.05) is 7.05 Å². The first-order valence-electron chi connectivity index (χ1n) is 5.59. The highest BCUT2D eigenvalue weighted by Gasteiger charge is 2.20. The second-order valence-corrected chi connectivity index (χ2v) is 4.33. The van der Waals surface area contributed by atoms with Crippen molar-refractivity contribution < 1.29 is 9.47 Å². The lowest BCUT2D eigenvalue weighted by Crippen LogP contribution is -2.33. The minimum Gasteiger partial charge on any atom is -0.381 e. The lowest BCUT2D eigenvalue weighted by atomic mass is 10.00. The SMILES string of the molecule is CNC(COC(C)C)CC1CCOC1. The average molecular weight is 201 g/mol. The molecule has 2 atom stereocenters. The number of likely N-dealkylation sites (N-methyl/N-ethyl adjacent to an activating group) is 1. The monoisotopic (exact) mass is 201 g/mol. The highest BCUT2D eigenvalue weighted by Crippen LogP contribution is 2.18. The summed E-state index contributed by atoms with van der Waals surface area (Å²) in [6.07, 6.45) is 2.70. The Kier molecular flexibility index (Phi) is 5.45. The van der Waals surface area contributed by atoms with E-state index in [9.17, 15) is 0 Å². The Balaban J connectivity index is 2.16. The summed E-state index contributed by atoms with van der Waals surface area (Å²) in [5.74, 6) is 0.725. The summed E-state index contributed by atoms with van der Waals surface area (Å²) in [6, 6.07) is 0.476. The standard InChI is InChI=1S/C11H23NO2/c1-9(2)14-8-11(12-3)6-10-4-5-13-7-10/h9-12H,4-8H2,1-3H3. The van der Waals surface area contributed by atoms with Gasteiger partial charge in [-0.2, -0.15) is 0 Å². The summed E-state index contributed by atoms with van der Waals surface area (Å²) in [5, 5.41) is 3.30. The second kappa shape index (κ2) is 6.38. The fourth-order valence-corrected chi connectivity index (χ4v) is 1.75. The van der Waals surface area contributed by atoms with Crippen molar-refractivity contribution in [2.75, 3.05) is 26.9 Å². The van der Waals surface area contributed by atoms with Gasteiger partial charge in [-0.25, -0.2) is 0 Å². The fraction of sp³-hybridized carbons (Fsp3) is 1.00. The van der Waals surface area contributed by atoms with Gasteiger partial charge in [0.25, 0.3) is 0 Å². The molecule has 1 saturated heterocycles. The van der Waals surface area contributed by atoms with Crippen LogP contribution in [0.15, 0.2) is 0 Å². The molecule has 84 valence electrons. The Morgan fingerprint density at radius 1 is 1.50 bits per heavy atom. The van der Waals surface area contributed by atoms with E-state index in [-0.39, 0.29) is 0 Å². The molecule has 1 fully saturated rings. The van der Waals surface area contributed by atoms with Crippen LogP contribution in [0.5, 0.6) is 0 Å². The molecule has 0 saturated carbocycles. The van der Waals surface area contributed by atoms with Crippen molar-refractivity contribution in [2.45, 2.75) is 38.8 Å². The molecule has 1 aliphatic heterocycles. The third-order valence-corrected chi connectivity index (χ3v) is 2.68. The van der Waals surface area contributed by atoms with Gasteiger partial charge in [-0.1, -0.05) is 0 Å². The van der Waals surface area contributed by atoms with Crippen LogP contribution < -0.4 is 5.32 Å². The molecule has 0 aliphatic carbocycles. The third kappa shape index (κ3) is 4.40. The zero-order chi connectivity index (χ0) is 10.4. The highest BCUT2D eigenvalue weighted by atomic mass is 16.5. The van der Waals surface area contributed by atoms with Crippen molar-refractivity contribution in [3.63, 3.8) is 0 Å². The first-order chi connectivity index (χ1) is 6.72. The summed E-state index contributed by atoms with van der Waals surface area (Å²) in [4.78, 5) is 0. The van der Waals surface area contributed by atoms with Gasteiger partial charge in [-0.3, -0.25) is 0 Å². The quantitative estimate of drug-likeness (QED) is 0.705. The van der Waals surface area contributed by atoms with Crippen LogP contribution in [0.25, 0.3) is 0 Å². The van der Waals surface area contributed by atoms with Gasteiger partial charge in [0.15, 0.2) is 0 Å². The van der Waals surface area contributed by atoms with Crippen molar-refractivity contribution in [2.24, 2.45) is 5.92 Å². The van der Waals surface area contributed by atoms with Gasteiger partial charge in [0.2, 0.25) is 0 Å².